The summed E-state index contributed by atoms with van der Waals surface area (Å²) in [6.07, 6.45) is 8.51. The number of rotatable bonds is 6. The Kier molecular flexibility index (Phi) is 7.07. The zero-order valence-corrected chi connectivity index (χ0v) is 17.2. The molecular formula is C19H29ClN6O2. The van der Waals surface area contributed by atoms with E-state index in [1.165, 1.54) is 25.7 Å². The number of nitrogens with zero attached hydrogens (tertiary/aromatic N) is 6. The molecule has 3 heterocycles. The van der Waals surface area contributed by atoms with Crippen molar-refractivity contribution in [2.45, 2.75) is 57.5 Å². The molecule has 2 fully saturated rings. The Morgan fingerprint density at radius 1 is 1.25 bits per heavy atom. The summed E-state index contributed by atoms with van der Waals surface area (Å²) >= 11 is 0. The van der Waals surface area contributed by atoms with E-state index in [0.29, 0.717) is 24.9 Å². The first-order valence-corrected chi connectivity index (χ1v) is 10.1. The van der Waals surface area contributed by atoms with Gasteiger partial charge in [-0.25, -0.2) is 4.68 Å². The molecule has 4 rings (SSSR count). The van der Waals surface area contributed by atoms with Crippen molar-refractivity contribution in [1.29, 1.82) is 0 Å². The second-order valence-electron chi connectivity index (χ2n) is 7.53. The third-order valence-corrected chi connectivity index (χ3v) is 5.82. The predicted molar refractivity (Wildman–Crippen MR) is 106 cm³/mol. The summed E-state index contributed by atoms with van der Waals surface area (Å²) in [5.74, 6) is 1.38. The molecule has 9 heteroatoms. The van der Waals surface area contributed by atoms with Gasteiger partial charge in [-0.05, 0) is 41.8 Å². The molecule has 2 aromatic heterocycles. The highest BCUT2D eigenvalue weighted by molar-refractivity contribution is 5.91. The molecule has 1 unspecified atom stereocenters. The van der Waals surface area contributed by atoms with E-state index in [-0.39, 0.29) is 24.4 Å². The Balaban J connectivity index is 0.00000225. The predicted octanol–water partition coefficient (Wildman–Crippen LogP) is 3.10. The topological polar surface area (TPSA) is 80.3 Å². The van der Waals surface area contributed by atoms with Crippen molar-refractivity contribution in [2.75, 3.05) is 26.2 Å². The van der Waals surface area contributed by atoms with Crippen molar-refractivity contribution in [3.8, 4) is 0 Å². The van der Waals surface area contributed by atoms with Crippen LogP contribution in [0.15, 0.2) is 22.8 Å². The lowest BCUT2D eigenvalue weighted by atomic mass is 10.1. The van der Waals surface area contributed by atoms with Crippen LogP contribution in [0.25, 0.3) is 0 Å². The molecule has 0 aromatic carbocycles. The van der Waals surface area contributed by atoms with E-state index >= 15 is 0 Å². The maximum Gasteiger partial charge on any atom is 0.289 e. The van der Waals surface area contributed by atoms with Crippen LogP contribution in [0.1, 0.15) is 73.9 Å². The smallest absolute Gasteiger partial charge is 0.289 e. The molecule has 1 aliphatic heterocycles. The number of carbonyl (C=O) groups is 1. The molecule has 2 aliphatic rings. The minimum Gasteiger partial charge on any atom is -0.459 e. The molecule has 1 atom stereocenters. The van der Waals surface area contributed by atoms with Gasteiger partial charge in [0.1, 0.15) is 0 Å². The maximum atomic E-state index is 12.5. The van der Waals surface area contributed by atoms with Gasteiger partial charge in [-0.3, -0.25) is 9.69 Å². The quantitative estimate of drug-likeness (QED) is 0.730. The Labute approximate surface area is 171 Å². The third-order valence-electron chi connectivity index (χ3n) is 5.82. The zero-order chi connectivity index (χ0) is 18.6. The van der Waals surface area contributed by atoms with Crippen LogP contribution in [-0.4, -0.2) is 62.1 Å². The average Bonchev–Trinajstić information content (AvgIpc) is 3.47. The van der Waals surface area contributed by atoms with Crippen LogP contribution < -0.4 is 0 Å². The summed E-state index contributed by atoms with van der Waals surface area (Å²) in [4.78, 5) is 16.8. The number of aromatic nitrogens is 4. The molecule has 0 radical (unpaired) electrons. The van der Waals surface area contributed by atoms with Crippen molar-refractivity contribution in [3.05, 3.63) is 30.0 Å². The molecule has 28 heavy (non-hydrogen) atoms. The number of hydrogen-bond donors (Lipinski definition) is 0. The number of piperazine rings is 1. The first-order valence-electron chi connectivity index (χ1n) is 10.1. The Hall–Kier alpha value is -1.93. The fourth-order valence-electron chi connectivity index (χ4n) is 4.37. The molecule has 0 N–H and O–H groups in total. The highest BCUT2D eigenvalue weighted by atomic mass is 35.5. The van der Waals surface area contributed by atoms with Crippen molar-refractivity contribution >= 4 is 18.3 Å². The number of hydrogen-bond acceptors (Lipinski definition) is 6. The number of carbonyl (C=O) groups excluding carboxylic acids is 1. The van der Waals surface area contributed by atoms with E-state index in [4.69, 9.17) is 4.42 Å². The van der Waals surface area contributed by atoms with Crippen LogP contribution in [0.3, 0.4) is 0 Å². The van der Waals surface area contributed by atoms with E-state index in [1.807, 2.05) is 4.90 Å². The second kappa shape index (κ2) is 9.52. The lowest BCUT2D eigenvalue weighted by molar-refractivity contribution is 0.0512. The van der Waals surface area contributed by atoms with Gasteiger partial charge in [0.15, 0.2) is 11.6 Å². The van der Waals surface area contributed by atoms with Crippen LogP contribution >= 0.6 is 12.4 Å². The highest BCUT2D eigenvalue weighted by Crippen LogP contribution is 2.33. The van der Waals surface area contributed by atoms with Crippen LogP contribution in [-0.2, 0) is 0 Å². The van der Waals surface area contributed by atoms with E-state index in [0.717, 1.165) is 31.8 Å². The van der Waals surface area contributed by atoms with Crippen molar-refractivity contribution in [3.63, 3.8) is 0 Å². The number of amides is 1. The van der Waals surface area contributed by atoms with Gasteiger partial charge >= 0.3 is 0 Å². The molecule has 1 saturated carbocycles. The van der Waals surface area contributed by atoms with Gasteiger partial charge in [0.25, 0.3) is 5.91 Å². The first kappa shape index (κ1) is 20.8. The normalized spacial score (nSPS) is 19.5. The summed E-state index contributed by atoms with van der Waals surface area (Å²) in [5.41, 5.74) is 0. The van der Waals surface area contributed by atoms with Gasteiger partial charge in [-0.2, -0.15) is 0 Å². The molecule has 8 nitrogen and oxygen atoms in total. The molecule has 1 amide bonds. The maximum absolute atomic E-state index is 12.5. The van der Waals surface area contributed by atoms with Gasteiger partial charge in [0.05, 0.1) is 18.3 Å². The fourth-order valence-corrected chi connectivity index (χ4v) is 4.37. The van der Waals surface area contributed by atoms with Crippen molar-refractivity contribution < 1.29 is 9.21 Å². The molecule has 1 saturated heterocycles. The molecule has 154 valence electrons. The van der Waals surface area contributed by atoms with Crippen molar-refractivity contribution in [1.82, 2.24) is 30.0 Å². The lowest BCUT2D eigenvalue weighted by Crippen LogP contribution is -2.50. The van der Waals surface area contributed by atoms with E-state index in [2.05, 4.69) is 32.0 Å². The van der Waals surface area contributed by atoms with E-state index in [9.17, 15) is 4.79 Å². The zero-order valence-electron chi connectivity index (χ0n) is 16.4. The summed E-state index contributed by atoms with van der Waals surface area (Å²) in [7, 11) is 0. The van der Waals surface area contributed by atoms with Gasteiger partial charge in [-0.1, -0.05) is 26.2 Å². The first-order chi connectivity index (χ1) is 13.3. The second-order valence-corrected chi connectivity index (χ2v) is 7.53. The lowest BCUT2D eigenvalue weighted by Gasteiger charge is -2.38. The van der Waals surface area contributed by atoms with Gasteiger partial charge in [0, 0.05) is 26.2 Å². The van der Waals surface area contributed by atoms with Gasteiger partial charge in [0.2, 0.25) is 0 Å². The average molecular weight is 409 g/mol. The van der Waals surface area contributed by atoms with Crippen LogP contribution in [0, 0.1) is 0 Å². The van der Waals surface area contributed by atoms with Crippen molar-refractivity contribution in [2.24, 2.45) is 0 Å². The number of furan rings is 1. The van der Waals surface area contributed by atoms with Crippen LogP contribution in [0.4, 0.5) is 0 Å². The van der Waals surface area contributed by atoms with Crippen LogP contribution in [0.5, 0.6) is 0 Å². The fraction of sp³-hybridized carbons (Fsp3) is 0.684. The van der Waals surface area contributed by atoms with Crippen LogP contribution in [0.2, 0.25) is 0 Å². The Bertz CT molecular complexity index is 735. The minimum atomic E-state index is -0.0255. The summed E-state index contributed by atoms with van der Waals surface area (Å²) < 4.78 is 7.34. The molecule has 0 spiro atoms. The highest BCUT2D eigenvalue weighted by Gasteiger charge is 2.32. The molecular weight excluding hydrogens is 380 g/mol. The Morgan fingerprint density at radius 3 is 2.64 bits per heavy atom. The summed E-state index contributed by atoms with van der Waals surface area (Å²) in [6, 6.07) is 4.14. The molecule has 2 aromatic rings. The van der Waals surface area contributed by atoms with Gasteiger partial charge in [-0.15, -0.1) is 17.5 Å². The molecule has 1 aliphatic carbocycles. The standard InChI is InChI=1S/C19H28N6O2.ClH/c1-2-6-16(18-20-21-22-25(18)15-7-3-4-8-15)23-10-12-24(13-11-23)19(26)17-9-5-14-27-17;/h5,9,14-16H,2-4,6-8,10-13H2,1H3;1H. The third kappa shape index (κ3) is 4.22. The minimum absolute atomic E-state index is 0. The SMILES string of the molecule is CCCC(c1nnnn1C1CCCC1)N1CCN(C(=O)c2ccco2)CC1.Cl. The monoisotopic (exact) mass is 408 g/mol. The molecule has 0 bridgehead atoms. The number of tetrazole rings is 1. The van der Waals surface area contributed by atoms with Gasteiger partial charge < -0.3 is 9.32 Å². The van der Waals surface area contributed by atoms with E-state index in [1.54, 1.807) is 18.4 Å². The Morgan fingerprint density at radius 2 is 2.00 bits per heavy atom. The summed E-state index contributed by atoms with van der Waals surface area (Å²) in [5, 5.41) is 12.7. The summed E-state index contributed by atoms with van der Waals surface area (Å²) in [6.45, 7) is 5.26. The van der Waals surface area contributed by atoms with E-state index < -0.39 is 0 Å². The largest absolute Gasteiger partial charge is 0.459 e. The number of halogens is 1.